The van der Waals surface area contributed by atoms with E-state index in [9.17, 15) is 0 Å². The Balaban J connectivity index is 1.07. The number of hydrogen-bond acceptors (Lipinski definition) is 4. The van der Waals surface area contributed by atoms with E-state index in [1.807, 2.05) is 12.1 Å². The molecule has 3 aliphatic rings. The number of piperidine rings is 2. The molecular formula is C28H38N2O2. The molecule has 3 fully saturated rings. The molecule has 4 heteroatoms. The summed E-state index contributed by atoms with van der Waals surface area (Å²) < 4.78 is 11.7. The second-order valence-corrected chi connectivity index (χ2v) is 10.00. The van der Waals surface area contributed by atoms with E-state index in [2.05, 4.69) is 53.5 Å². The van der Waals surface area contributed by atoms with Crippen molar-refractivity contribution in [2.75, 3.05) is 39.9 Å². The summed E-state index contributed by atoms with van der Waals surface area (Å²) in [5, 5.41) is 3.55. The molecule has 5 atom stereocenters. The van der Waals surface area contributed by atoms with Gasteiger partial charge in [-0.1, -0.05) is 43.3 Å². The van der Waals surface area contributed by atoms with Crippen LogP contribution in [0.3, 0.4) is 0 Å². The number of hydrogen-bond donors (Lipinski definition) is 1. The first-order chi connectivity index (χ1) is 15.7. The van der Waals surface area contributed by atoms with Crippen molar-refractivity contribution in [2.24, 2.45) is 23.7 Å². The van der Waals surface area contributed by atoms with E-state index in [-0.39, 0.29) is 0 Å². The van der Waals surface area contributed by atoms with E-state index in [1.54, 1.807) is 7.11 Å². The third kappa shape index (κ3) is 4.88. The van der Waals surface area contributed by atoms with Crippen LogP contribution in [0.4, 0.5) is 0 Å². The van der Waals surface area contributed by atoms with Gasteiger partial charge in [-0.05, 0) is 78.3 Å². The van der Waals surface area contributed by atoms with E-state index in [1.165, 1.54) is 49.2 Å². The van der Waals surface area contributed by atoms with Crippen LogP contribution in [0.25, 0.3) is 11.1 Å². The number of methoxy groups -OCH3 is 1. The third-order valence-electron chi connectivity index (χ3n) is 8.00. The Kier molecular flexibility index (Phi) is 6.82. The Morgan fingerprint density at radius 3 is 2.28 bits per heavy atom. The van der Waals surface area contributed by atoms with E-state index in [0.717, 1.165) is 49.6 Å². The highest BCUT2D eigenvalue weighted by Crippen LogP contribution is 2.52. The zero-order valence-corrected chi connectivity index (χ0v) is 19.6. The Morgan fingerprint density at radius 2 is 1.69 bits per heavy atom. The summed E-state index contributed by atoms with van der Waals surface area (Å²) in [6.07, 6.45) is 4.22. The number of ether oxygens (including phenoxy) is 2. The van der Waals surface area contributed by atoms with Gasteiger partial charge in [-0.15, -0.1) is 0 Å². The number of fused-ring (bicyclic) bond motifs is 1. The molecule has 0 aromatic heterocycles. The van der Waals surface area contributed by atoms with Gasteiger partial charge < -0.3 is 14.8 Å². The summed E-state index contributed by atoms with van der Waals surface area (Å²) in [7, 11) is 1.71. The summed E-state index contributed by atoms with van der Waals surface area (Å²) in [4.78, 5) is 2.64. The molecule has 2 saturated heterocycles. The van der Waals surface area contributed by atoms with Crippen LogP contribution in [-0.2, 0) is 11.3 Å². The van der Waals surface area contributed by atoms with Crippen molar-refractivity contribution in [3.8, 4) is 16.9 Å². The summed E-state index contributed by atoms with van der Waals surface area (Å²) in [5.41, 5.74) is 3.90. The van der Waals surface area contributed by atoms with Gasteiger partial charge in [0.1, 0.15) is 5.75 Å². The van der Waals surface area contributed by atoms with Crippen molar-refractivity contribution in [1.82, 2.24) is 10.2 Å². The standard InChI is InChI=1S/C28H38N2O2/c1-3-28(23-5-4-14-29-15-23)32-19-27-25-17-30(18-26(25)27)16-20-6-8-21(9-7-20)22-10-12-24(31-2)13-11-22/h6-13,23,25-29H,3-5,14-19H2,1-2H3/t23?,25-,26+,27?,28?. The monoisotopic (exact) mass is 434 g/mol. The largest absolute Gasteiger partial charge is 0.497 e. The number of nitrogens with one attached hydrogen (secondary N) is 1. The van der Waals surface area contributed by atoms with Crippen molar-refractivity contribution in [1.29, 1.82) is 0 Å². The molecule has 2 aliphatic heterocycles. The Bertz CT molecular complexity index is 848. The van der Waals surface area contributed by atoms with E-state index in [4.69, 9.17) is 9.47 Å². The zero-order chi connectivity index (χ0) is 21.9. The summed E-state index contributed by atoms with van der Waals surface area (Å²) in [5.74, 6) is 4.13. The highest BCUT2D eigenvalue weighted by atomic mass is 16.5. The molecule has 172 valence electrons. The summed E-state index contributed by atoms with van der Waals surface area (Å²) in [6, 6.07) is 17.4. The molecule has 0 spiro atoms. The van der Waals surface area contributed by atoms with Crippen molar-refractivity contribution < 1.29 is 9.47 Å². The molecule has 1 saturated carbocycles. The smallest absolute Gasteiger partial charge is 0.118 e. The van der Waals surface area contributed by atoms with Crippen LogP contribution in [0.1, 0.15) is 31.7 Å². The molecule has 2 aromatic carbocycles. The molecule has 1 aliphatic carbocycles. The maximum atomic E-state index is 6.45. The van der Waals surface area contributed by atoms with Crippen LogP contribution >= 0.6 is 0 Å². The second-order valence-electron chi connectivity index (χ2n) is 10.00. The topological polar surface area (TPSA) is 33.7 Å². The normalized spacial score (nSPS) is 28.3. The molecular weight excluding hydrogens is 396 g/mol. The minimum Gasteiger partial charge on any atom is -0.497 e. The van der Waals surface area contributed by atoms with E-state index < -0.39 is 0 Å². The lowest BCUT2D eigenvalue weighted by Crippen LogP contribution is -2.38. The zero-order valence-electron chi connectivity index (χ0n) is 19.6. The fraction of sp³-hybridized carbons (Fsp3) is 0.571. The lowest BCUT2D eigenvalue weighted by atomic mass is 9.92. The predicted octanol–water partition coefficient (Wildman–Crippen LogP) is 4.83. The average molecular weight is 435 g/mol. The van der Waals surface area contributed by atoms with Gasteiger partial charge in [0.15, 0.2) is 0 Å². The fourth-order valence-electron chi connectivity index (χ4n) is 5.98. The molecule has 32 heavy (non-hydrogen) atoms. The minimum absolute atomic E-state index is 0.449. The molecule has 0 bridgehead atoms. The van der Waals surface area contributed by atoms with Gasteiger partial charge in [-0.3, -0.25) is 4.90 Å². The Hall–Kier alpha value is -1.88. The lowest BCUT2D eigenvalue weighted by Gasteiger charge is -2.30. The quantitative estimate of drug-likeness (QED) is 0.613. The van der Waals surface area contributed by atoms with E-state index in [0.29, 0.717) is 12.0 Å². The van der Waals surface area contributed by atoms with Crippen molar-refractivity contribution in [3.63, 3.8) is 0 Å². The number of benzene rings is 2. The molecule has 5 rings (SSSR count). The number of nitrogens with zero attached hydrogens (tertiary/aromatic N) is 1. The van der Waals surface area contributed by atoms with Gasteiger partial charge in [0.05, 0.1) is 19.8 Å². The molecule has 0 radical (unpaired) electrons. The SMILES string of the molecule is CCC(OCC1[C@H]2CN(Cc3ccc(-c4ccc(OC)cc4)cc3)C[C@@H]12)C1CCCNC1. The highest BCUT2D eigenvalue weighted by Gasteiger charge is 2.55. The summed E-state index contributed by atoms with van der Waals surface area (Å²) in [6.45, 7) is 9.13. The predicted molar refractivity (Wildman–Crippen MR) is 130 cm³/mol. The first-order valence-corrected chi connectivity index (χ1v) is 12.5. The first kappa shape index (κ1) is 21.9. The van der Waals surface area contributed by atoms with Gasteiger partial charge in [-0.25, -0.2) is 0 Å². The minimum atomic E-state index is 0.449. The molecule has 3 unspecified atom stereocenters. The first-order valence-electron chi connectivity index (χ1n) is 12.5. The van der Waals surface area contributed by atoms with Crippen LogP contribution in [0.15, 0.2) is 48.5 Å². The molecule has 2 aromatic rings. The van der Waals surface area contributed by atoms with Crippen LogP contribution < -0.4 is 10.1 Å². The van der Waals surface area contributed by atoms with Crippen molar-refractivity contribution in [2.45, 2.75) is 38.8 Å². The lowest BCUT2D eigenvalue weighted by molar-refractivity contribution is -0.00824. The summed E-state index contributed by atoms with van der Waals surface area (Å²) >= 11 is 0. The number of likely N-dealkylation sites (tertiary alicyclic amines) is 1. The fourth-order valence-corrected chi connectivity index (χ4v) is 5.98. The van der Waals surface area contributed by atoms with E-state index >= 15 is 0 Å². The maximum absolute atomic E-state index is 6.45. The van der Waals surface area contributed by atoms with Gasteiger partial charge in [-0.2, -0.15) is 0 Å². The van der Waals surface area contributed by atoms with Gasteiger partial charge in [0.25, 0.3) is 0 Å². The van der Waals surface area contributed by atoms with Crippen LogP contribution in [-0.4, -0.2) is 50.9 Å². The third-order valence-corrected chi connectivity index (χ3v) is 8.00. The second kappa shape index (κ2) is 9.94. The van der Waals surface area contributed by atoms with Gasteiger partial charge in [0.2, 0.25) is 0 Å². The average Bonchev–Trinajstić information content (AvgIpc) is 3.30. The molecule has 4 nitrogen and oxygen atoms in total. The van der Waals surface area contributed by atoms with Crippen LogP contribution in [0.2, 0.25) is 0 Å². The molecule has 0 amide bonds. The van der Waals surface area contributed by atoms with Gasteiger partial charge in [0, 0.05) is 26.2 Å². The molecule has 1 N–H and O–H groups in total. The van der Waals surface area contributed by atoms with Crippen molar-refractivity contribution >= 4 is 0 Å². The highest BCUT2D eigenvalue weighted by molar-refractivity contribution is 5.64. The molecule has 2 heterocycles. The maximum Gasteiger partial charge on any atom is 0.118 e. The number of rotatable bonds is 9. The van der Waals surface area contributed by atoms with Gasteiger partial charge >= 0.3 is 0 Å². The Labute approximate surface area is 193 Å². The van der Waals surface area contributed by atoms with Crippen LogP contribution in [0, 0.1) is 23.7 Å². The Morgan fingerprint density at radius 1 is 1.00 bits per heavy atom. The van der Waals surface area contributed by atoms with Crippen molar-refractivity contribution in [3.05, 3.63) is 54.1 Å². The van der Waals surface area contributed by atoms with Crippen LogP contribution in [0.5, 0.6) is 5.75 Å².